The first-order valence-corrected chi connectivity index (χ1v) is 7.12. The fourth-order valence-electron chi connectivity index (χ4n) is 2.85. The maximum Gasteiger partial charge on any atom is 0.0949 e. The Bertz CT molecular complexity index is 202. The van der Waals surface area contributed by atoms with Crippen molar-refractivity contribution in [2.75, 3.05) is 0 Å². The van der Waals surface area contributed by atoms with E-state index in [-0.39, 0.29) is 6.04 Å². The van der Waals surface area contributed by atoms with E-state index in [0.29, 0.717) is 18.3 Å². The summed E-state index contributed by atoms with van der Waals surface area (Å²) in [5.74, 6) is 1.04. The molecule has 0 radical (unpaired) electrons. The fraction of sp³-hybridized carbons (Fsp3) is 1.00. The summed E-state index contributed by atoms with van der Waals surface area (Å²) in [6.07, 6.45) is 6.44. The monoisotopic (exact) mass is 243 g/mol. The van der Waals surface area contributed by atoms with Crippen LogP contribution in [0.5, 0.6) is 0 Å². The minimum atomic E-state index is -0.765. The Hall–Kier alpha value is -0.120. The van der Waals surface area contributed by atoms with Crippen LogP contribution in [0, 0.1) is 11.8 Å². The SMILES string of the molecule is CC(C)CC(O)C(O)[C@@H](N)CC1CCCCC1. The third-order valence-corrected chi connectivity index (χ3v) is 3.88. The van der Waals surface area contributed by atoms with Crippen molar-refractivity contribution in [3.8, 4) is 0 Å². The molecule has 1 rings (SSSR count). The minimum Gasteiger partial charge on any atom is -0.390 e. The predicted molar refractivity (Wildman–Crippen MR) is 70.6 cm³/mol. The van der Waals surface area contributed by atoms with Gasteiger partial charge >= 0.3 is 0 Å². The van der Waals surface area contributed by atoms with E-state index in [1.165, 1.54) is 32.1 Å². The standard InChI is InChI=1S/C14H29NO2/c1-10(2)8-13(16)14(17)12(15)9-11-6-4-3-5-7-11/h10-14,16-17H,3-9,15H2,1-2H3/t12-,13?,14?/m0/s1. The molecule has 1 saturated carbocycles. The lowest BCUT2D eigenvalue weighted by Crippen LogP contribution is -2.44. The number of aliphatic hydroxyl groups excluding tert-OH is 2. The molecule has 3 nitrogen and oxygen atoms in total. The van der Waals surface area contributed by atoms with Crippen LogP contribution in [0.3, 0.4) is 0 Å². The largest absolute Gasteiger partial charge is 0.390 e. The zero-order valence-corrected chi connectivity index (χ0v) is 11.3. The summed E-state index contributed by atoms with van der Waals surface area (Å²) < 4.78 is 0. The average Bonchev–Trinajstić information content (AvgIpc) is 2.28. The minimum absolute atomic E-state index is 0.271. The van der Waals surface area contributed by atoms with Gasteiger partial charge in [0.05, 0.1) is 12.2 Å². The van der Waals surface area contributed by atoms with Crippen molar-refractivity contribution in [1.82, 2.24) is 0 Å². The van der Waals surface area contributed by atoms with Crippen molar-refractivity contribution in [1.29, 1.82) is 0 Å². The van der Waals surface area contributed by atoms with Gasteiger partial charge in [-0.1, -0.05) is 46.0 Å². The summed E-state index contributed by atoms with van der Waals surface area (Å²) in [7, 11) is 0. The molecule has 2 unspecified atom stereocenters. The van der Waals surface area contributed by atoms with Crippen molar-refractivity contribution in [3.63, 3.8) is 0 Å². The third-order valence-electron chi connectivity index (χ3n) is 3.88. The maximum atomic E-state index is 9.99. The van der Waals surface area contributed by atoms with Crippen LogP contribution in [0.4, 0.5) is 0 Å². The average molecular weight is 243 g/mol. The van der Waals surface area contributed by atoms with Crippen molar-refractivity contribution in [3.05, 3.63) is 0 Å². The molecule has 1 fully saturated rings. The Morgan fingerprint density at radius 1 is 1.12 bits per heavy atom. The van der Waals surface area contributed by atoms with E-state index in [4.69, 9.17) is 5.73 Å². The molecule has 0 heterocycles. The van der Waals surface area contributed by atoms with Crippen molar-refractivity contribution in [2.45, 2.75) is 77.0 Å². The molecule has 0 bridgehead atoms. The smallest absolute Gasteiger partial charge is 0.0949 e. The highest BCUT2D eigenvalue weighted by atomic mass is 16.3. The van der Waals surface area contributed by atoms with Crippen LogP contribution in [0.2, 0.25) is 0 Å². The van der Waals surface area contributed by atoms with E-state index >= 15 is 0 Å². The van der Waals surface area contributed by atoms with Crippen molar-refractivity contribution >= 4 is 0 Å². The molecule has 0 aliphatic heterocycles. The predicted octanol–water partition coefficient (Wildman–Crippen LogP) is 2.05. The maximum absolute atomic E-state index is 9.99. The first kappa shape index (κ1) is 14.9. The Kier molecular flexibility index (Phi) is 6.45. The van der Waals surface area contributed by atoms with E-state index in [9.17, 15) is 10.2 Å². The molecule has 102 valence electrons. The Morgan fingerprint density at radius 2 is 1.71 bits per heavy atom. The highest BCUT2D eigenvalue weighted by Crippen LogP contribution is 2.28. The topological polar surface area (TPSA) is 66.5 Å². The fourth-order valence-corrected chi connectivity index (χ4v) is 2.85. The molecule has 17 heavy (non-hydrogen) atoms. The molecule has 0 amide bonds. The molecule has 0 saturated heterocycles. The lowest BCUT2D eigenvalue weighted by Gasteiger charge is -2.29. The number of aliphatic hydroxyl groups is 2. The third kappa shape index (κ3) is 5.36. The molecule has 0 spiro atoms. The van der Waals surface area contributed by atoms with Gasteiger partial charge in [-0.3, -0.25) is 0 Å². The summed E-state index contributed by atoms with van der Waals surface area (Å²) in [6, 6.07) is -0.271. The lowest BCUT2D eigenvalue weighted by molar-refractivity contribution is -0.0117. The van der Waals surface area contributed by atoms with Gasteiger partial charge in [-0.05, 0) is 24.7 Å². The Labute approximate surface area is 105 Å². The van der Waals surface area contributed by atoms with Gasteiger partial charge in [-0.15, -0.1) is 0 Å². The van der Waals surface area contributed by atoms with E-state index in [1.54, 1.807) is 0 Å². The van der Waals surface area contributed by atoms with Gasteiger partial charge < -0.3 is 15.9 Å². The molecule has 0 aromatic heterocycles. The van der Waals surface area contributed by atoms with Crippen LogP contribution in [-0.4, -0.2) is 28.5 Å². The summed E-state index contributed by atoms with van der Waals surface area (Å²) in [5.41, 5.74) is 6.01. The van der Waals surface area contributed by atoms with Gasteiger partial charge in [0.15, 0.2) is 0 Å². The quantitative estimate of drug-likeness (QED) is 0.669. The van der Waals surface area contributed by atoms with E-state index in [0.717, 1.165) is 6.42 Å². The molecule has 0 aromatic carbocycles. The Morgan fingerprint density at radius 3 is 2.24 bits per heavy atom. The first-order chi connectivity index (χ1) is 8.00. The zero-order valence-electron chi connectivity index (χ0n) is 11.3. The number of nitrogens with two attached hydrogens (primary N) is 1. The van der Waals surface area contributed by atoms with Gasteiger partial charge in [0, 0.05) is 6.04 Å². The van der Waals surface area contributed by atoms with Crippen LogP contribution in [0.25, 0.3) is 0 Å². The molecule has 0 aromatic rings. The van der Waals surface area contributed by atoms with Crippen LogP contribution >= 0.6 is 0 Å². The molecule has 3 heteroatoms. The van der Waals surface area contributed by atoms with E-state index in [2.05, 4.69) is 0 Å². The van der Waals surface area contributed by atoms with Crippen LogP contribution in [0.1, 0.15) is 58.8 Å². The summed E-state index contributed by atoms with van der Waals surface area (Å²) in [6.45, 7) is 4.09. The van der Waals surface area contributed by atoms with Gasteiger partial charge in [0.1, 0.15) is 0 Å². The molecule has 1 aliphatic rings. The first-order valence-electron chi connectivity index (χ1n) is 7.12. The van der Waals surface area contributed by atoms with Gasteiger partial charge in [-0.25, -0.2) is 0 Å². The van der Waals surface area contributed by atoms with Gasteiger partial charge in [-0.2, -0.15) is 0 Å². The second kappa shape index (κ2) is 7.34. The normalized spacial score (nSPS) is 23.6. The van der Waals surface area contributed by atoms with Crippen molar-refractivity contribution in [2.24, 2.45) is 17.6 Å². The Balaban J connectivity index is 2.31. The summed E-state index contributed by atoms with van der Waals surface area (Å²) in [5, 5.41) is 19.8. The van der Waals surface area contributed by atoms with Crippen LogP contribution in [-0.2, 0) is 0 Å². The number of hydrogen-bond acceptors (Lipinski definition) is 3. The van der Waals surface area contributed by atoms with E-state index < -0.39 is 12.2 Å². The van der Waals surface area contributed by atoms with Crippen LogP contribution < -0.4 is 5.73 Å². The highest BCUT2D eigenvalue weighted by Gasteiger charge is 2.26. The zero-order chi connectivity index (χ0) is 12.8. The summed E-state index contributed by atoms with van der Waals surface area (Å²) in [4.78, 5) is 0. The molecule has 3 atom stereocenters. The second-order valence-corrected chi connectivity index (χ2v) is 6.09. The molecular weight excluding hydrogens is 214 g/mol. The molecule has 1 aliphatic carbocycles. The second-order valence-electron chi connectivity index (χ2n) is 6.09. The van der Waals surface area contributed by atoms with Crippen LogP contribution in [0.15, 0.2) is 0 Å². The van der Waals surface area contributed by atoms with Gasteiger partial charge in [0.25, 0.3) is 0 Å². The summed E-state index contributed by atoms with van der Waals surface area (Å²) >= 11 is 0. The van der Waals surface area contributed by atoms with Crippen molar-refractivity contribution < 1.29 is 10.2 Å². The number of rotatable bonds is 6. The molecule has 4 N–H and O–H groups in total. The lowest BCUT2D eigenvalue weighted by atomic mass is 9.83. The molecular formula is C14H29NO2. The highest BCUT2D eigenvalue weighted by molar-refractivity contribution is 4.82. The number of hydrogen-bond donors (Lipinski definition) is 3. The van der Waals surface area contributed by atoms with Gasteiger partial charge in [0.2, 0.25) is 0 Å². The van der Waals surface area contributed by atoms with E-state index in [1.807, 2.05) is 13.8 Å².